The third-order valence-electron chi connectivity index (χ3n) is 2.40. The molecule has 0 nitrogen and oxygen atoms in total. The molecule has 1 atom stereocenters. The second-order valence-corrected chi connectivity index (χ2v) is 2.98. The highest BCUT2D eigenvalue weighted by Gasteiger charge is 2.13. The molecule has 0 spiro atoms. The van der Waals surface area contributed by atoms with Crippen LogP contribution in [-0.4, -0.2) is 0 Å². The average Bonchev–Trinajstić information content (AvgIpc) is 1.98. The summed E-state index contributed by atoms with van der Waals surface area (Å²) in [5, 5.41) is 0. The molecule has 0 radical (unpaired) electrons. The standard InChI is InChI=1S/C9H14.CH4/c1-6-5-7(2)9(4)8(6)3;/h5,8H,1-4H3;1H4. The molecule has 0 saturated carbocycles. The maximum Gasteiger partial charge on any atom is -0.00180 e. The zero-order valence-electron chi connectivity index (χ0n) is 6.65. The molecule has 0 bridgehead atoms. The van der Waals surface area contributed by atoms with E-state index in [1.165, 1.54) is 16.7 Å². The summed E-state index contributed by atoms with van der Waals surface area (Å²) in [6.07, 6.45) is 2.28. The predicted octanol–water partition coefficient (Wildman–Crippen LogP) is 3.55. The fourth-order valence-corrected chi connectivity index (χ4v) is 1.26. The number of allylic oxidation sites excluding steroid dienone is 4. The van der Waals surface area contributed by atoms with Crippen LogP contribution in [0, 0.1) is 5.92 Å². The van der Waals surface area contributed by atoms with E-state index < -0.39 is 0 Å². The molecule has 0 N–H and O–H groups in total. The van der Waals surface area contributed by atoms with Crippen LogP contribution in [0.2, 0.25) is 0 Å². The van der Waals surface area contributed by atoms with Gasteiger partial charge in [-0.3, -0.25) is 0 Å². The summed E-state index contributed by atoms with van der Waals surface area (Å²) in [7, 11) is 0. The normalized spacial score (nSPS) is 24.4. The molecule has 0 aliphatic heterocycles. The summed E-state index contributed by atoms with van der Waals surface area (Å²) >= 11 is 0. The lowest BCUT2D eigenvalue weighted by atomic mass is 10.0. The van der Waals surface area contributed by atoms with Gasteiger partial charge in [0.25, 0.3) is 0 Å². The minimum atomic E-state index is 0. The van der Waals surface area contributed by atoms with Gasteiger partial charge in [-0.05, 0) is 26.7 Å². The van der Waals surface area contributed by atoms with Gasteiger partial charge in [0.05, 0.1) is 0 Å². The van der Waals surface area contributed by atoms with Crippen LogP contribution in [0.3, 0.4) is 0 Å². The smallest absolute Gasteiger partial charge is 0.00180 e. The van der Waals surface area contributed by atoms with E-state index in [9.17, 15) is 0 Å². The molecule has 1 aliphatic carbocycles. The molecule has 1 unspecified atom stereocenters. The molecular weight excluding hydrogens is 120 g/mol. The van der Waals surface area contributed by atoms with Crippen LogP contribution in [0.25, 0.3) is 0 Å². The van der Waals surface area contributed by atoms with E-state index in [2.05, 4.69) is 33.8 Å². The van der Waals surface area contributed by atoms with Crippen LogP contribution < -0.4 is 0 Å². The minimum absolute atomic E-state index is 0. The van der Waals surface area contributed by atoms with Crippen molar-refractivity contribution in [2.24, 2.45) is 5.92 Å². The molecule has 1 rings (SSSR count). The Morgan fingerprint density at radius 2 is 1.70 bits per heavy atom. The van der Waals surface area contributed by atoms with E-state index >= 15 is 0 Å². The van der Waals surface area contributed by atoms with Crippen molar-refractivity contribution in [1.82, 2.24) is 0 Å². The molecule has 0 fully saturated rings. The molecule has 10 heavy (non-hydrogen) atoms. The predicted molar refractivity (Wildman–Crippen MR) is 48.0 cm³/mol. The van der Waals surface area contributed by atoms with E-state index in [1.807, 2.05) is 0 Å². The van der Waals surface area contributed by atoms with Crippen LogP contribution in [0.5, 0.6) is 0 Å². The monoisotopic (exact) mass is 138 g/mol. The summed E-state index contributed by atoms with van der Waals surface area (Å²) in [6.45, 7) is 8.86. The fraction of sp³-hybridized carbons (Fsp3) is 0.600. The Hall–Kier alpha value is -0.520. The van der Waals surface area contributed by atoms with E-state index in [4.69, 9.17) is 0 Å². The quantitative estimate of drug-likeness (QED) is 0.480. The minimum Gasteiger partial charge on any atom is -0.0776 e. The molecule has 0 amide bonds. The van der Waals surface area contributed by atoms with Crippen LogP contribution in [0.1, 0.15) is 35.1 Å². The summed E-state index contributed by atoms with van der Waals surface area (Å²) in [5.41, 5.74) is 4.50. The maximum absolute atomic E-state index is 2.28. The Balaban J connectivity index is 0.000000810. The van der Waals surface area contributed by atoms with E-state index in [-0.39, 0.29) is 7.43 Å². The van der Waals surface area contributed by atoms with Crippen LogP contribution in [0.15, 0.2) is 22.8 Å². The number of rotatable bonds is 0. The lowest BCUT2D eigenvalue weighted by Crippen LogP contribution is -1.91. The van der Waals surface area contributed by atoms with Crippen molar-refractivity contribution in [2.45, 2.75) is 35.1 Å². The summed E-state index contributed by atoms with van der Waals surface area (Å²) in [6, 6.07) is 0. The molecule has 0 saturated heterocycles. The summed E-state index contributed by atoms with van der Waals surface area (Å²) in [4.78, 5) is 0. The lowest BCUT2D eigenvalue weighted by Gasteiger charge is -2.05. The maximum atomic E-state index is 2.28. The van der Waals surface area contributed by atoms with E-state index in [0.717, 1.165) is 0 Å². The third kappa shape index (κ3) is 1.31. The number of hydrogen-bond acceptors (Lipinski definition) is 0. The van der Waals surface area contributed by atoms with Gasteiger partial charge in [0.15, 0.2) is 0 Å². The highest BCUT2D eigenvalue weighted by molar-refractivity contribution is 5.38. The Bertz CT molecular complexity index is 182. The van der Waals surface area contributed by atoms with Crippen LogP contribution in [0.4, 0.5) is 0 Å². The molecule has 0 heterocycles. The van der Waals surface area contributed by atoms with Crippen LogP contribution >= 0.6 is 0 Å². The first kappa shape index (κ1) is 9.48. The Kier molecular flexibility index (Phi) is 2.89. The first-order valence-electron chi connectivity index (χ1n) is 3.48. The number of hydrogen-bond donors (Lipinski definition) is 0. The van der Waals surface area contributed by atoms with Gasteiger partial charge in [-0.1, -0.05) is 37.1 Å². The van der Waals surface area contributed by atoms with E-state index in [0.29, 0.717) is 5.92 Å². The second kappa shape index (κ2) is 3.05. The SMILES string of the molecule is C.CC1=CC(C)=C(C)C1C. The van der Waals surface area contributed by atoms with Crippen molar-refractivity contribution in [1.29, 1.82) is 0 Å². The molecule has 0 aromatic carbocycles. The zero-order chi connectivity index (χ0) is 7.02. The van der Waals surface area contributed by atoms with Crippen molar-refractivity contribution in [3.63, 3.8) is 0 Å². The third-order valence-corrected chi connectivity index (χ3v) is 2.40. The van der Waals surface area contributed by atoms with Gasteiger partial charge in [-0.2, -0.15) is 0 Å². The Labute approximate surface area is 64.6 Å². The van der Waals surface area contributed by atoms with Gasteiger partial charge in [-0.25, -0.2) is 0 Å². The molecule has 0 aromatic rings. The van der Waals surface area contributed by atoms with Gasteiger partial charge in [0.2, 0.25) is 0 Å². The second-order valence-electron chi connectivity index (χ2n) is 2.98. The van der Waals surface area contributed by atoms with Gasteiger partial charge < -0.3 is 0 Å². The molecular formula is C10H18. The van der Waals surface area contributed by atoms with Crippen molar-refractivity contribution < 1.29 is 0 Å². The molecule has 0 aromatic heterocycles. The van der Waals surface area contributed by atoms with Gasteiger partial charge in [0.1, 0.15) is 0 Å². The highest BCUT2D eigenvalue weighted by Crippen LogP contribution is 2.29. The van der Waals surface area contributed by atoms with Crippen LogP contribution in [-0.2, 0) is 0 Å². The van der Waals surface area contributed by atoms with E-state index in [1.54, 1.807) is 0 Å². The fourth-order valence-electron chi connectivity index (χ4n) is 1.26. The topological polar surface area (TPSA) is 0 Å². The largest absolute Gasteiger partial charge is 0.0776 e. The van der Waals surface area contributed by atoms with Crippen molar-refractivity contribution in [2.75, 3.05) is 0 Å². The van der Waals surface area contributed by atoms with Gasteiger partial charge in [-0.15, -0.1) is 0 Å². The molecule has 0 heteroatoms. The lowest BCUT2D eigenvalue weighted by molar-refractivity contribution is 0.817. The molecule has 1 aliphatic rings. The Morgan fingerprint density at radius 1 is 1.20 bits per heavy atom. The highest BCUT2D eigenvalue weighted by atomic mass is 14.2. The summed E-state index contributed by atoms with van der Waals surface area (Å²) in [5.74, 6) is 0.699. The average molecular weight is 138 g/mol. The Morgan fingerprint density at radius 3 is 1.80 bits per heavy atom. The molecule has 58 valence electrons. The van der Waals surface area contributed by atoms with Crippen molar-refractivity contribution in [3.05, 3.63) is 22.8 Å². The van der Waals surface area contributed by atoms with Gasteiger partial charge in [0, 0.05) is 0 Å². The van der Waals surface area contributed by atoms with Crippen molar-refractivity contribution in [3.8, 4) is 0 Å². The van der Waals surface area contributed by atoms with Gasteiger partial charge >= 0.3 is 0 Å². The summed E-state index contributed by atoms with van der Waals surface area (Å²) < 4.78 is 0. The first-order valence-corrected chi connectivity index (χ1v) is 3.48. The van der Waals surface area contributed by atoms with Crippen molar-refractivity contribution >= 4 is 0 Å². The zero-order valence-corrected chi connectivity index (χ0v) is 6.65. The first-order chi connectivity index (χ1) is 4.13.